The van der Waals surface area contributed by atoms with Gasteiger partial charge < -0.3 is 5.11 Å². The van der Waals surface area contributed by atoms with E-state index in [0.29, 0.717) is 10.0 Å². The maximum atomic E-state index is 10.8. The highest BCUT2D eigenvalue weighted by Gasteiger charge is 2.10. The largest absolute Gasteiger partial charge is 0.478 e. The Kier molecular flexibility index (Phi) is 4.12. The first kappa shape index (κ1) is 13.9. The maximum Gasteiger partial charge on any atom is 0.337 e. The molecule has 98 valence electrons. The number of carbonyl (C=O) groups is 1. The summed E-state index contributed by atoms with van der Waals surface area (Å²) >= 11 is 7.47. The molecule has 1 aromatic heterocycles. The number of hydrogen-bond donors (Lipinski definition) is 1. The molecule has 0 spiro atoms. The van der Waals surface area contributed by atoms with E-state index in [2.05, 4.69) is 18.0 Å². The summed E-state index contributed by atoms with van der Waals surface area (Å²) in [5.41, 5.74) is 2.52. The summed E-state index contributed by atoms with van der Waals surface area (Å²) in [6.07, 6.45) is 1.32. The third-order valence-electron chi connectivity index (χ3n) is 2.75. The Morgan fingerprint density at radius 1 is 1.26 bits per heavy atom. The molecule has 0 unspecified atom stereocenters. The molecule has 0 radical (unpaired) electrons. The first-order chi connectivity index (χ1) is 8.97. The van der Waals surface area contributed by atoms with Crippen molar-refractivity contribution in [2.75, 3.05) is 0 Å². The molecule has 0 atom stereocenters. The normalized spacial score (nSPS) is 10.5. The van der Waals surface area contributed by atoms with Gasteiger partial charge in [-0.05, 0) is 43.2 Å². The van der Waals surface area contributed by atoms with Crippen molar-refractivity contribution in [1.82, 2.24) is 4.98 Å². The molecule has 5 heteroatoms. The Hall–Kier alpha value is -1.52. The number of carboxylic acid groups (broad SMARTS) is 1. The summed E-state index contributed by atoms with van der Waals surface area (Å²) in [6, 6.07) is 7.51. The topological polar surface area (TPSA) is 50.2 Å². The van der Waals surface area contributed by atoms with Crippen molar-refractivity contribution in [3.63, 3.8) is 0 Å². The third kappa shape index (κ3) is 3.28. The van der Waals surface area contributed by atoms with Gasteiger partial charge in [0, 0.05) is 11.1 Å². The van der Waals surface area contributed by atoms with Gasteiger partial charge >= 0.3 is 5.97 Å². The Morgan fingerprint density at radius 2 is 2.00 bits per heavy atom. The molecule has 0 aliphatic rings. The van der Waals surface area contributed by atoms with E-state index >= 15 is 0 Å². The standard InChI is InChI=1S/C14H12ClNO2S/c1-8-3-4-11(5-9(8)2)19-13-12(15)6-10(7-16-13)14(17)18/h3-7H,1-2H3,(H,17,18). The lowest BCUT2D eigenvalue weighted by atomic mass is 10.1. The van der Waals surface area contributed by atoms with Crippen molar-refractivity contribution in [3.8, 4) is 0 Å². The van der Waals surface area contributed by atoms with Crippen molar-refractivity contribution in [1.29, 1.82) is 0 Å². The lowest BCUT2D eigenvalue weighted by Gasteiger charge is -2.06. The second-order valence-corrected chi connectivity index (χ2v) is 5.63. The zero-order valence-corrected chi connectivity index (χ0v) is 12.0. The average Bonchev–Trinajstić information content (AvgIpc) is 2.36. The number of aromatic carboxylic acids is 1. The Labute approximate surface area is 120 Å². The van der Waals surface area contributed by atoms with Crippen molar-refractivity contribution < 1.29 is 9.90 Å². The smallest absolute Gasteiger partial charge is 0.337 e. The van der Waals surface area contributed by atoms with Gasteiger partial charge in [-0.15, -0.1) is 0 Å². The highest BCUT2D eigenvalue weighted by Crippen LogP contribution is 2.32. The van der Waals surface area contributed by atoms with Crippen molar-refractivity contribution in [3.05, 3.63) is 52.2 Å². The van der Waals surface area contributed by atoms with E-state index < -0.39 is 5.97 Å². The van der Waals surface area contributed by atoms with E-state index in [0.717, 1.165) is 4.90 Å². The number of rotatable bonds is 3. The molecule has 19 heavy (non-hydrogen) atoms. The molecule has 2 rings (SSSR count). The zero-order chi connectivity index (χ0) is 14.0. The van der Waals surface area contributed by atoms with Crippen LogP contribution in [0, 0.1) is 13.8 Å². The number of carboxylic acids is 1. The molecule has 2 aromatic rings. The quantitative estimate of drug-likeness (QED) is 0.921. The molecule has 0 aliphatic heterocycles. The lowest BCUT2D eigenvalue weighted by molar-refractivity contribution is 0.0696. The van der Waals surface area contributed by atoms with Crippen molar-refractivity contribution >= 4 is 29.3 Å². The van der Waals surface area contributed by atoms with Crippen LogP contribution in [0.5, 0.6) is 0 Å². The fourth-order valence-corrected chi connectivity index (χ4v) is 2.65. The average molecular weight is 294 g/mol. The van der Waals surface area contributed by atoms with Crippen LogP contribution in [0.25, 0.3) is 0 Å². The van der Waals surface area contributed by atoms with Gasteiger partial charge in [-0.2, -0.15) is 0 Å². The predicted octanol–water partition coefficient (Wildman–Crippen LogP) is 4.20. The number of nitrogens with zero attached hydrogens (tertiary/aromatic N) is 1. The van der Waals surface area contributed by atoms with Crippen LogP contribution in [-0.2, 0) is 0 Å². The molecule has 0 bridgehead atoms. The first-order valence-corrected chi connectivity index (χ1v) is 6.81. The van der Waals surface area contributed by atoms with Crippen LogP contribution < -0.4 is 0 Å². The molecule has 1 N–H and O–H groups in total. The van der Waals surface area contributed by atoms with Gasteiger partial charge in [0.1, 0.15) is 5.03 Å². The van der Waals surface area contributed by atoms with Gasteiger partial charge in [-0.1, -0.05) is 29.4 Å². The van der Waals surface area contributed by atoms with Gasteiger partial charge in [-0.3, -0.25) is 0 Å². The number of pyridine rings is 1. The van der Waals surface area contributed by atoms with Crippen LogP contribution in [0.4, 0.5) is 0 Å². The molecule has 1 aromatic carbocycles. The number of benzene rings is 1. The number of aromatic nitrogens is 1. The van der Waals surface area contributed by atoms with Gasteiger partial charge in [0.15, 0.2) is 0 Å². The van der Waals surface area contributed by atoms with Crippen molar-refractivity contribution in [2.24, 2.45) is 0 Å². The fraction of sp³-hybridized carbons (Fsp3) is 0.143. The van der Waals surface area contributed by atoms with Crippen LogP contribution in [-0.4, -0.2) is 16.1 Å². The number of aryl methyl sites for hydroxylation is 2. The minimum Gasteiger partial charge on any atom is -0.478 e. The van der Waals surface area contributed by atoms with E-state index in [1.54, 1.807) is 0 Å². The Morgan fingerprint density at radius 3 is 2.58 bits per heavy atom. The van der Waals surface area contributed by atoms with Crippen LogP contribution >= 0.6 is 23.4 Å². The summed E-state index contributed by atoms with van der Waals surface area (Å²) in [5.74, 6) is -1.03. The van der Waals surface area contributed by atoms with Crippen LogP contribution in [0.1, 0.15) is 21.5 Å². The minimum absolute atomic E-state index is 0.0921. The molecule has 1 heterocycles. The van der Waals surface area contributed by atoms with Crippen LogP contribution in [0.15, 0.2) is 40.4 Å². The van der Waals surface area contributed by atoms with E-state index in [4.69, 9.17) is 16.7 Å². The lowest BCUT2D eigenvalue weighted by Crippen LogP contribution is -1.97. The molecule has 0 saturated carbocycles. The molecular formula is C14H12ClNO2S. The Bertz CT molecular complexity index is 643. The van der Waals surface area contributed by atoms with Gasteiger partial charge in [0.05, 0.1) is 10.6 Å². The van der Waals surface area contributed by atoms with Gasteiger partial charge in [0.25, 0.3) is 0 Å². The summed E-state index contributed by atoms with van der Waals surface area (Å²) in [6.45, 7) is 4.10. The highest BCUT2D eigenvalue weighted by molar-refractivity contribution is 7.99. The molecule has 0 amide bonds. The van der Waals surface area contributed by atoms with Crippen LogP contribution in [0.2, 0.25) is 5.02 Å². The first-order valence-electron chi connectivity index (χ1n) is 5.61. The molecule has 0 saturated heterocycles. The van der Waals surface area contributed by atoms with Gasteiger partial charge in [-0.25, -0.2) is 9.78 Å². The SMILES string of the molecule is Cc1ccc(Sc2ncc(C(=O)O)cc2Cl)cc1C. The van der Waals surface area contributed by atoms with E-state index in [1.807, 2.05) is 19.1 Å². The molecule has 0 aliphatic carbocycles. The second-order valence-electron chi connectivity index (χ2n) is 4.16. The summed E-state index contributed by atoms with van der Waals surface area (Å²) < 4.78 is 0. The van der Waals surface area contributed by atoms with Crippen LogP contribution in [0.3, 0.4) is 0 Å². The molecular weight excluding hydrogens is 282 g/mol. The van der Waals surface area contributed by atoms with E-state index in [9.17, 15) is 4.79 Å². The minimum atomic E-state index is -1.03. The molecule has 3 nitrogen and oxygen atoms in total. The highest BCUT2D eigenvalue weighted by atomic mass is 35.5. The van der Waals surface area contributed by atoms with Gasteiger partial charge in [0.2, 0.25) is 0 Å². The number of hydrogen-bond acceptors (Lipinski definition) is 3. The van der Waals surface area contributed by atoms with E-state index in [1.165, 1.54) is 35.2 Å². The summed E-state index contributed by atoms with van der Waals surface area (Å²) in [7, 11) is 0. The molecule has 0 fully saturated rings. The third-order valence-corrected chi connectivity index (χ3v) is 4.16. The monoisotopic (exact) mass is 293 g/mol. The summed E-state index contributed by atoms with van der Waals surface area (Å²) in [4.78, 5) is 15.9. The maximum absolute atomic E-state index is 10.8. The Balaban J connectivity index is 2.28. The zero-order valence-electron chi connectivity index (χ0n) is 10.5. The predicted molar refractivity (Wildman–Crippen MR) is 76.2 cm³/mol. The number of halogens is 1. The second kappa shape index (κ2) is 5.63. The van der Waals surface area contributed by atoms with Crippen molar-refractivity contribution in [2.45, 2.75) is 23.8 Å². The summed E-state index contributed by atoms with van der Waals surface area (Å²) in [5, 5.41) is 9.81. The van der Waals surface area contributed by atoms with E-state index in [-0.39, 0.29) is 5.56 Å². The fourth-order valence-electron chi connectivity index (χ4n) is 1.51.